The van der Waals surface area contributed by atoms with Gasteiger partial charge in [0.05, 0.1) is 35.5 Å². The van der Waals surface area contributed by atoms with Crippen molar-refractivity contribution in [2.24, 2.45) is 0 Å². The van der Waals surface area contributed by atoms with Crippen LogP contribution in [0.2, 0.25) is 30.9 Å². The van der Waals surface area contributed by atoms with Crippen LogP contribution >= 0.6 is 69.6 Å². The van der Waals surface area contributed by atoms with Gasteiger partial charge in [0.1, 0.15) is 0 Å². The summed E-state index contributed by atoms with van der Waals surface area (Å²) in [5.74, 6) is 2.84. The quantitative estimate of drug-likeness (QED) is 0.226. The highest BCUT2D eigenvalue weighted by atomic mass is 35.5. The van der Waals surface area contributed by atoms with Gasteiger partial charge in [0.2, 0.25) is 0 Å². The first kappa shape index (κ1) is 45.9. The van der Waals surface area contributed by atoms with Crippen molar-refractivity contribution in [2.45, 2.75) is 0 Å². The molecule has 4 aromatic rings. The highest BCUT2D eigenvalue weighted by Gasteiger charge is 2.06. The molecule has 3 N–H and O–H groups in total. The SMILES string of the molecule is CNC.CNc1nnc(Cl)cc1OC.CO.COc1cc(Cl)nnc1Cl.COc1cc(Cl)nnc1Cl.COc1cc(Cl)nnc1OC. The summed E-state index contributed by atoms with van der Waals surface area (Å²) in [6, 6.07) is 6.13. The summed E-state index contributed by atoms with van der Waals surface area (Å²) in [5.41, 5.74) is 0. The van der Waals surface area contributed by atoms with Crippen LogP contribution in [0, 0.1) is 0 Å². The molecule has 0 aliphatic rings. The van der Waals surface area contributed by atoms with Crippen molar-refractivity contribution >= 4 is 75.4 Å². The van der Waals surface area contributed by atoms with E-state index in [-0.39, 0.29) is 25.8 Å². The third-order valence-electron chi connectivity index (χ3n) is 4.11. The number of nitrogens with zero attached hydrogens (tertiary/aromatic N) is 8. The van der Waals surface area contributed by atoms with Crippen molar-refractivity contribution in [3.05, 3.63) is 55.2 Å². The maximum atomic E-state index is 7.00. The number of hydrogen-bond acceptors (Lipinski definition) is 16. The summed E-state index contributed by atoms with van der Waals surface area (Å²) < 4.78 is 24.3. The molecule has 4 heterocycles. The Morgan fingerprint density at radius 2 is 0.787 bits per heavy atom. The third-order valence-corrected chi connectivity index (χ3v) is 5.37. The fraction of sp³-hybridized carbons (Fsp3) is 0.360. The Balaban J connectivity index is 0. The van der Waals surface area contributed by atoms with Gasteiger partial charge in [0, 0.05) is 38.4 Å². The number of halogens is 6. The first-order chi connectivity index (χ1) is 22.4. The number of ether oxygens (including phenoxy) is 5. The summed E-state index contributed by atoms with van der Waals surface area (Å²) in [6.45, 7) is 0. The second kappa shape index (κ2) is 27.9. The van der Waals surface area contributed by atoms with E-state index in [0.29, 0.717) is 39.8 Å². The van der Waals surface area contributed by atoms with E-state index in [0.717, 1.165) is 7.11 Å². The number of aliphatic hydroxyl groups excluding tert-OH is 1. The number of nitrogens with one attached hydrogen (secondary N) is 2. The molecule has 0 amide bonds. The van der Waals surface area contributed by atoms with Gasteiger partial charge in [-0.1, -0.05) is 69.6 Å². The van der Waals surface area contributed by atoms with Crippen LogP contribution in [0.5, 0.6) is 28.9 Å². The molecule has 0 saturated heterocycles. The van der Waals surface area contributed by atoms with Crippen LogP contribution in [0.3, 0.4) is 0 Å². The van der Waals surface area contributed by atoms with E-state index in [4.69, 9.17) is 98.4 Å². The van der Waals surface area contributed by atoms with Crippen molar-refractivity contribution < 1.29 is 28.8 Å². The van der Waals surface area contributed by atoms with Gasteiger partial charge >= 0.3 is 0 Å². The minimum absolute atomic E-state index is 0.215. The molecule has 0 fully saturated rings. The van der Waals surface area contributed by atoms with Gasteiger partial charge in [-0.15, -0.1) is 40.8 Å². The van der Waals surface area contributed by atoms with Gasteiger partial charge in [-0.25, -0.2) is 0 Å². The highest BCUT2D eigenvalue weighted by molar-refractivity contribution is 6.33. The van der Waals surface area contributed by atoms with Crippen LogP contribution in [0.25, 0.3) is 0 Å². The molecule has 16 nitrogen and oxygen atoms in total. The van der Waals surface area contributed by atoms with Crippen molar-refractivity contribution in [3.63, 3.8) is 0 Å². The standard InChI is InChI=1S/C6H8ClN3O.C6H7ClN2O2.2C5H4Cl2N2O.C2H7N.CH4O/c1-8-6-4(11-2)3-5(7)9-10-6;1-10-4-3-5(7)8-9-6(4)11-2;2*1-10-3-2-4(6)8-9-5(3)7;1-3-2;1-2/h3H,1-2H3,(H,8,10);3H,1-2H3;2*2H,1H3;3H,1-2H3;2H,1H3. The fourth-order valence-corrected chi connectivity index (χ4v) is 3.16. The predicted octanol–water partition coefficient (Wildman–Crippen LogP) is 5.36. The van der Waals surface area contributed by atoms with Crippen molar-refractivity contribution in [3.8, 4) is 28.9 Å². The summed E-state index contributed by atoms with van der Waals surface area (Å²) in [6.07, 6.45) is 0. The van der Waals surface area contributed by atoms with E-state index in [9.17, 15) is 0 Å². The number of rotatable bonds is 6. The van der Waals surface area contributed by atoms with E-state index in [1.165, 1.54) is 46.6 Å². The lowest BCUT2D eigenvalue weighted by Crippen LogP contribution is -1.98. The Kier molecular flexibility index (Phi) is 27.2. The van der Waals surface area contributed by atoms with E-state index in [1.807, 2.05) is 14.1 Å². The van der Waals surface area contributed by atoms with Crippen molar-refractivity contribution in [1.82, 2.24) is 46.1 Å². The van der Waals surface area contributed by atoms with Crippen LogP contribution in [0.15, 0.2) is 24.3 Å². The molecule has 0 radical (unpaired) electrons. The van der Waals surface area contributed by atoms with Gasteiger partial charge in [-0.2, -0.15) is 0 Å². The number of hydrogen-bond donors (Lipinski definition) is 3. The molecule has 0 atom stereocenters. The van der Waals surface area contributed by atoms with Crippen LogP contribution in [0.4, 0.5) is 5.82 Å². The molecule has 0 aromatic carbocycles. The second-order valence-corrected chi connectivity index (χ2v) is 9.40. The zero-order chi connectivity index (χ0) is 36.4. The fourth-order valence-electron chi connectivity index (χ4n) is 2.27. The average molecular weight is 783 g/mol. The van der Waals surface area contributed by atoms with Crippen LogP contribution in [-0.4, -0.2) is 110 Å². The average Bonchev–Trinajstić information content (AvgIpc) is 3.08. The van der Waals surface area contributed by atoms with Gasteiger partial charge < -0.3 is 39.4 Å². The molecule has 4 rings (SSSR count). The summed E-state index contributed by atoms with van der Waals surface area (Å²) in [5, 5.41) is 42.7. The zero-order valence-electron chi connectivity index (χ0n) is 26.6. The highest BCUT2D eigenvalue weighted by Crippen LogP contribution is 2.25. The van der Waals surface area contributed by atoms with Crippen LogP contribution in [-0.2, 0) is 0 Å². The molecule has 0 aliphatic carbocycles. The lowest BCUT2D eigenvalue weighted by molar-refractivity contribution is 0.338. The van der Waals surface area contributed by atoms with Gasteiger partial charge in [-0.3, -0.25) is 0 Å². The van der Waals surface area contributed by atoms with E-state index in [1.54, 1.807) is 20.2 Å². The van der Waals surface area contributed by atoms with E-state index in [2.05, 4.69) is 51.4 Å². The first-order valence-corrected chi connectivity index (χ1v) is 14.6. The molecular formula is C25H34Cl6N10O6. The Hall–Kier alpha value is -3.22. The lowest BCUT2D eigenvalue weighted by atomic mass is 10.5. The van der Waals surface area contributed by atoms with Crippen LogP contribution in [0.1, 0.15) is 0 Å². The maximum Gasteiger partial charge on any atom is 0.276 e. The molecule has 0 spiro atoms. The van der Waals surface area contributed by atoms with Gasteiger partial charge in [0.15, 0.2) is 59.7 Å². The normalized spacial score (nSPS) is 8.94. The Morgan fingerprint density at radius 3 is 1.11 bits per heavy atom. The largest absolute Gasteiger partial charge is 0.493 e. The number of aliphatic hydroxyl groups is 1. The number of methoxy groups -OCH3 is 5. The molecule has 0 saturated carbocycles. The lowest BCUT2D eigenvalue weighted by Gasteiger charge is -2.04. The Morgan fingerprint density at radius 1 is 0.468 bits per heavy atom. The molecular weight excluding hydrogens is 749 g/mol. The molecule has 0 unspecified atom stereocenters. The minimum atomic E-state index is 0.215. The Bertz CT molecular complexity index is 1330. The molecule has 22 heteroatoms. The van der Waals surface area contributed by atoms with E-state index >= 15 is 0 Å². The molecule has 0 aliphatic heterocycles. The minimum Gasteiger partial charge on any atom is -0.493 e. The third kappa shape index (κ3) is 19.3. The topological polar surface area (TPSA) is 194 Å². The van der Waals surface area contributed by atoms with Crippen molar-refractivity contribution in [2.75, 3.05) is 69.1 Å². The van der Waals surface area contributed by atoms with Crippen LogP contribution < -0.4 is 34.3 Å². The molecule has 262 valence electrons. The summed E-state index contributed by atoms with van der Waals surface area (Å²) in [4.78, 5) is 0. The smallest absolute Gasteiger partial charge is 0.276 e. The summed E-state index contributed by atoms with van der Waals surface area (Å²) >= 11 is 33.2. The monoisotopic (exact) mass is 780 g/mol. The molecule has 47 heavy (non-hydrogen) atoms. The Labute approximate surface area is 302 Å². The number of anilines is 1. The first-order valence-electron chi connectivity index (χ1n) is 12.3. The zero-order valence-corrected chi connectivity index (χ0v) is 31.2. The predicted molar refractivity (Wildman–Crippen MR) is 184 cm³/mol. The van der Waals surface area contributed by atoms with Gasteiger partial charge in [-0.05, 0) is 14.1 Å². The second-order valence-electron chi connectivity index (χ2n) is 7.13. The number of aromatic nitrogens is 8. The summed E-state index contributed by atoms with van der Waals surface area (Å²) in [7, 11) is 14.0. The van der Waals surface area contributed by atoms with Crippen molar-refractivity contribution in [1.29, 1.82) is 0 Å². The molecule has 0 bridgehead atoms. The maximum absolute atomic E-state index is 7.00. The van der Waals surface area contributed by atoms with Gasteiger partial charge in [0.25, 0.3) is 5.88 Å². The van der Waals surface area contributed by atoms with E-state index < -0.39 is 0 Å². The molecule has 4 aromatic heterocycles.